The molecule has 0 saturated carbocycles. The Morgan fingerprint density at radius 1 is 0.745 bits per heavy atom. The van der Waals surface area contributed by atoms with Gasteiger partial charge in [-0.05, 0) is 63.8 Å². The summed E-state index contributed by atoms with van der Waals surface area (Å²) in [5.74, 6) is 0.853. The maximum Gasteiger partial charge on any atom is 0.240 e. The Morgan fingerprint density at radius 2 is 1.37 bits per heavy atom. The van der Waals surface area contributed by atoms with Crippen molar-refractivity contribution < 1.29 is 28.5 Å². The van der Waals surface area contributed by atoms with Gasteiger partial charge in [-0.25, -0.2) is 4.99 Å². The summed E-state index contributed by atoms with van der Waals surface area (Å²) in [5, 5.41) is 9.57. The lowest BCUT2D eigenvalue weighted by Crippen LogP contribution is -2.47. The highest BCUT2D eigenvalue weighted by molar-refractivity contribution is 6.31. The van der Waals surface area contributed by atoms with E-state index in [9.17, 15) is 9.59 Å². The van der Waals surface area contributed by atoms with Crippen LogP contribution in [0.2, 0.25) is 5.02 Å². The highest BCUT2D eigenvalue weighted by Crippen LogP contribution is 2.41. The number of aliphatic imine (C=N–C) groups is 1. The smallest absolute Gasteiger partial charge is 0.240 e. The molecular weight excluding hydrogens is 674 g/mol. The summed E-state index contributed by atoms with van der Waals surface area (Å²) < 4.78 is 22.3. The van der Waals surface area contributed by atoms with E-state index in [-0.39, 0.29) is 18.4 Å². The van der Waals surface area contributed by atoms with Crippen molar-refractivity contribution in [1.82, 2.24) is 25.8 Å². The van der Waals surface area contributed by atoms with Crippen molar-refractivity contribution in [3.63, 3.8) is 0 Å². The van der Waals surface area contributed by atoms with E-state index in [0.717, 1.165) is 80.4 Å². The monoisotopic (exact) mass is 729 g/mol. The highest BCUT2D eigenvalue weighted by Gasteiger charge is 2.28. The van der Waals surface area contributed by atoms with Crippen molar-refractivity contribution in [1.29, 1.82) is 0 Å². The fourth-order valence-corrected chi connectivity index (χ4v) is 5.95. The zero-order valence-electron chi connectivity index (χ0n) is 30.3. The van der Waals surface area contributed by atoms with Gasteiger partial charge in [0.2, 0.25) is 11.8 Å². The maximum absolute atomic E-state index is 13.2. The predicted molar refractivity (Wildman–Crippen MR) is 202 cm³/mol. The van der Waals surface area contributed by atoms with Gasteiger partial charge in [0, 0.05) is 56.3 Å². The number of anilines is 2. The van der Waals surface area contributed by atoms with Crippen molar-refractivity contribution >= 4 is 46.3 Å². The summed E-state index contributed by atoms with van der Waals surface area (Å²) in [6, 6.07) is 13.7. The number of unbranched alkanes of at least 4 members (excludes halogenated alkanes) is 2. The summed E-state index contributed by atoms with van der Waals surface area (Å²) >= 11 is 6.42. The van der Waals surface area contributed by atoms with Crippen LogP contribution in [-0.4, -0.2) is 147 Å². The number of fused-ring (bicyclic) bond motifs is 2. The van der Waals surface area contributed by atoms with E-state index in [1.165, 1.54) is 0 Å². The lowest BCUT2D eigenvalue weighted by Gasteiger charge is -2.35. The number of amides is 2. The van der Waals surface area contributed by atoms with Crippen LogP contribution in [0.4, 0.5) is 17.1 Å². The number of hydrogen-bond acceptors (Lipinski definition) is 11. The lowest BCUT2D eigenvalue weighted by molar-refractivity contribution is -0.121. The summed E-state index contributed by atoms with van der Waals surface area (Å²) in [6.07, 6.45) is 3.61. The van der Waals surface area contributed by atoms with E-state index in [1.54, 1.807) is 0 Å². The number of piperazine rings is 1. The van der Waals surface area contributed by atoms with Crippen molar-refractivity contribution in [2.24, 2.45) is 4.99 Å². The van der Waals surface area contributed by atoms with Gasteiger partial charge in [-0.2, -0.15) is 0 Å². The molecule has 1 fully saturated rings. The van der Waals surface area contributed by atoms with E-state index in [2.05, 4.69) is 38.9 Å². The Kier molecular flexibility index (Phi) is 18.5. The van der Waals surface area contributed by atoms with Crippen LogP contribution in [0.15, 0.2) is 47.5 Å². The summed E-state index contributed by atoms with van der Waals surface area (Å²) in [7, 11) is 4.07. The normalized spacial score (nSPS) is 14.5. The highest BCUT2D eigenvalue weighted by atomic mass is 35.5. The maximum atomic E-state index is 13.2. The van der Waals surface area contributed by atoms with Gasteiger partial charge in [0.1, 0.15) is 12.4 Å². The van der Waals surface area contributed by atoms with Gasteiger partial charge in [0.05, 0.1) is 69.9 Å². The van der Waals surface area contributed by atoms with E-state index >= 15 is 0 Å². The second-order valence-corrected chi connectivity index (χ2v) is 13.0. The van der Waals surface area contributed by atoms with Gasteiger partial charge in [0.25, 0.3) is 0 Å². The molecule has 51 heavy (non-hydrogen) atoms. The van der Waals surface area contributed by atoms with Crippen LogP contribution in [0.1, 0.15) is 31.2 Å². The Balaban J connectivity index is 1.06. The van der Waals surface area contributed by atoms with Gasteiger partial charge in [-0.3, -0.25) is 9.59 Å². The van der Waals surface area contributed by atoms with Crippen LogP contribution < -0.4 is 20.9 Å². The van der Waals surface area contributed by atoms with Crippen molar-refractivity contribution in [2.75, 3.05) is 124 Å². The zero-order chi connectivity index (χ0) is 36.1. The molecule has 3 N–H and O–H groups in total. The van der Waals surface area contributed by atoms with Crippen LogP contribution in [-0.2, 0) is 28.5 Å². The van der Waals surface area contributed by atoms with Gasteiger partial charge in [-0.15, -0.1) is 0 Å². The molecule has 2 amide bonds. The SMILES string of the molecule is CNCCCCCC(=O)NCCOCCOCCOCCOCCNC(=O)CN1c2ccc(Cl)cc2N=C(N2CCN(C)CC2)c2ccccc21. The Morgan fingerprint density at radius 3 is 2.04 bits per heavy atom. The zero-order valence-corrected chi connectivity index (χ0v) is 31.1. The second-order valence-electron chi connectivity index (χ2n) is 12.5. The van der Waals surface area contributed by atoms with E-state index in [0.29, 0.717) is 77.4 Å². The number of likely N-dealkylation sites (N-methyl/N-ethyl adjacent to an activating group) is 1. The lowest BCUT2D eigenvalue weighted by atomic mass is 10.1. The molecule has 2 aromatic carbocycles. The quantitative estimate of drug-likeness (QED) is 0.147. The van der Waals surface area contributed by atoms with Gasteiger partial charge in [0.15, 0.2) is 0 Å². The topological polar surface area (TPSA) is 129 Å². The Labute approximate surface area is 308 Å². The largest absolute Gasteiger partial charge is 0.377 e. The van der Waals surface area contributed by atoms with E-state index in [4.69, 9.17) is 35.5 Å². The molecule has 2 aromatic rings. The van der Waals surface area contributed by atoms with Crippen molar-refractivity contribution in [3.05, 3.63) is 53.1 Å². The molecule has 4 rings (SSSR count). The van der Waals surface area contributed by atoms with Crippen molar-refractivity contribution in [3.8, 4) is 0 Å². The minimum atomic E-state index is -0.120. The molecule has 0 aliphatic carbocycles. The number of amidine groups is 1. The van der Waals surface area contributed by atoms with Gasteiger partial charge < -0.3 is 49.6 Å². The number of carbonyl (C=O) groups excluding carboxylic acids is 2. The average molecular weight is 730 g/mol. The molecule has 14 heteroatoms. The molecule has 282 valence electrons. The average Bonchev–Trinajstić information content (AvgIpc) is 3.26. The molecule has 1 saturated heterocycles. The summed E-state index contributed by atoms with van der Waals surface area (Å²) in [6.45, 7) is 9.18. The van der Waals surface area contributed by atoms with Crippen LogP contribution in [0, 0.1) is 0 Å². The van der Waals surface area contributed by atoms with Crippen LogP contribution in [0.5, 0.6) is 0 Å². The third-order valence-corrected chi connectivity index (χ3v) is 8.81. The number of nitrogens with one attached hydrogen (secondary N) is 3. The number of rotatable bonds is 23. The number of nitrogens with zero attached hydrogens (tertiary/aromatic N) is 4. The number of carbonyl (C=O) groups is 2. The number of para-hydroxylation sites is 1. The number of ether oxygens (including phenoxy) is 4. The van der Waals surface area contributed by atoms with Crippen LogP contribution in [0.25, 0.3) is 0 Å². The first-order valence-corrected chi connectivity index (χ1v) is 18.5. The molecule has 2 heterocycles. The first-order chi connectivity index (χ1) is 25.0. The minimum absolute atomic E-state index is 0.0731. The third-order valence-electron chi connectivity index (χ3n) is 8.58. The molecular formula is C37H56ClN7O6. The second kappa shape index (κ2) is 23.3. The van der Waals surface area contributed by atoms with Crippen LogP contribution >= 0.6 is 11.6 Å². The predicted octanol–water partition coefficient (Wildman–Crippen LogP) is 3.20. The van der Waals surface area contributed by atoms with Crippen LogP contribution in [0.3, 0.4) is 0 Å². The Hall–Kier alpha value is -3.30. The Bertz CT molecular complexity index is 1370. The van der Waals surface area contributed by atoms with Crippen molar-refractivity contribution in [2.45, 2.75) is 25.7 Å². The first kappa shape index (κ1) is 40.5. The first-order valence-electron chi connectivity index (χ1n) is 18.1. The van der Waals surface area contributed by atoms with E-state index < -0.39 is 0 Å². The summed E-state index contributed by atoms with van der Waals surface area (Å²) in [4.78, 5) is 36.8. The van der Waals surface area contributed by atoms with Gasteiger partial charge >= 0.3 is 0 Å². The number of halogens is 1. The molecule has 0 atom stereocenters. The molecule has 0 bridgehead atoms. The number of benzene rings is 2. The standard InChI is InChI=1S/C37H56ClN7O6/c1-39-13-7-3-4-10-35(46)40-14-20-48-22-24-50-26-27-51-25-23-49-21-15-41-36(47)29-45-33-9-6-5-8-31(33)37(44-18-16-43(2)17-19-44)42-32-28-30(38)11-12-34(32)45/h5-6,8-9,11-12,28,39H,3-4,7,10,13-27,29H2,1-2H3,(H,40,46)(H,41,47). The molecule has 0 aromatic heterocycles. The number of hydrogen-bond donors (Lipinski definition) is 3. The molecule has 0 radical (unpaired) electrons. The van der Waals surface area contributed by atoms with E-state index in [1.807, 2.05) is 48.3 Å². The molecule has 0 spiro atoms. The molecule has 2 aliphatic rings. The fraction of sp³-hybridized carbons (Fsp3) is 0.595. The third kappa shape index (κ3) is 14.3. The fourth-order valence-electron chi connectivity index (χ4n) is 5.79. The molecule has 2 aliphatic heterocycles. The molecule has 0 unspecified atom stereocenters. The molecule has 13 nitrogen and oxygen atoms in total. The van der Waals surface area contributed by atoms with Gasteiger partial charge in [-0.1, -0.05) is 30.2 Å². The summed E-state index contributed by atoms with van der Waals surface area (Å²) in [5.41, 5.74) is 3.49. The minimum Gasteiger partial charge on any atom is -0.377 e.